The van der Waals surface area contributed by atoms with E-state index in [4.69, 9.17) is 27.6 Å². The molecule has 0 aliphatic rings. The Balaban J connectivity index is 0.00000126. The van der Waals surface area contributed by atoms with Gasteiger partial charge in [-0.05, 0) is 25.1 Å². The molecule has 0 N–H and O–H groups in total. The van der Waals surface area contributed by atoms with Gasteiger partial charge in [-0.15, -0.1) is 0 Å². The van der Waals surface area contributed by atoms with Crippen molar-refractivity contribution in [2.45, 2.75) is 26.9 Å². The van der Waals surface area contributed by atoms with Crippen LogP contribution in [-0.2, 0) is 6.18 Å². The molecule has 0 aliphatic carbocycles. The van der Waals surface area contributed by atoms with Crippen LogP contribution < -0.4 is 11.3 Å². The third kappa shape index (κ3) is 3.89. The summed E-state index contributed by atoms with van der Waals surface area (Å²) < 4.78 is 44.7. The number of rotatable bonds is 1. The van der Waals surface area contributed by atoms with Crippen molar-refractivity contribution in [3.63, 3.8) is 0 Å². The third-order valence-corrected chi connectivity index (χ3v) is 4.21. The van der Waals surface area contributed by atoms with E-state index in [0.29, 0.717) is 4.57 Å². The smallest absolute Gasteiger partial charge is 0.407 e. The van der Waals surface area contributed by atoms with Crippen molar-refractivity contribution in [3.8, 4) is 5.69 Å². The summed E-state index contributed by atoms with van der Waals surface area (Å²) in [7, 11) is 0. The first-order valence-electron chi connectivity index (χ1n) is 7.83. The number of benzene rings is 2. The predicted molar refractivity (Wildman–Crippen MR) is 99.2 cm³/mol. The van der Waals surface area contributed by atoms with Crippen LogP contribution in [0.3, 0.4) is 0 Å². The molecule has 0 saturated heterocycles. The summed E-state index contributed by atoms with van der Waals surface area (Å²) in [6.07, 6.45) is -4.87. The van der Waals surface area contributed by atoms with E-state index in [1.165, 1.54) is 12.1 Å². The predicted octanol–water partition coefficient (Wildman–Crippen LogP) is 5.60. The Kier molecular flexibility index (Phi) is 6.07. The number of alkyl halides is 3. The topological polar surface area (TPSA) is 52.2 Å². The first-order chi connectivity index (χ1) is 12.6. The molecule has 2 aromatic carbocycles. The van der Waals surface area contributed by atoms with Crippen molar-refractivity contribution in [2.24, 2.45) is 0 Å². The molecule has 1 heterocycles. The molecule has 3 rings (SSSR count). The SMILES string of the molecule is CC.Cc1ccc(-n2c(=O)oc3c(Cl)c(C(F)(F)F)c(Cl)cc3c2=O)cc1. The highest BCUT2D eigenvalue weighted by Crippen LogP contribution is 2.42. The molecule has 0 aliphatic heterocycles. The third-order valence-electron chi connectivity index (χ3n) is 3.55. The number of aromatic nitrogens is 1. The van der Waals surface area contributed by atoms with Gasteiger partial charge in [0.1, 0.15) is 0 Å². The van der Waals surface area contributed by atoms with Gasteiger partial charge in [0.15, 0.2) is 5.58 Å². The monoisotopic (exact) mass is 419 g/mol. The number of hydrogen-bond donors (Lipinski definition) is 0. The molecule has 144 valence electrons. The van der Waals surface area contributed by atoms with E-state index < -0.39 is 38.7 Å². The molecule has 0 unspecified atom stereocenters. The van der Waals surface area contributed by atoms with Crippen LogP contribution in [0.4, 0.5) is 13.2 Å². The lowest BCUT2D eigenvalue weighted by atomic mass is 10.1. The van der Waals surface area contributed by atoms with E-state index >= 15 is 0 Å². The normalized spacial score (nSPS) is 11.3. The molecular formula is C18H14Cl2F3NO3. The van der Waals surface area contributed by atoms with E-state index in [1.807, 2.05) is 20.8 Å². The minimum Gasteiger partial charge on any atom is -0.407 e. The van der Waals surface area contributed by atoms with Gasteiger partial charge in [0.05, 0.1) is 26.7 Å². The summed E-state index contributed by atoms with van der Waals surface area (Å²) >= 11 is 11.4. The highest BCUT2D eigenvalue weighted by atomic mass is 35.5. The Morgan fingerprint density at radius 1 is 1.04 bits per heavy atom. The summed E-state index contributed by atoms with van der Waals surface area (Å²) in [5.41, 5.74) is -1.80. The van der Waals surface area contributed by atoms with Crippen molar-refractivity contribution >= 4 is 34.2 Å². The molecule has 9 heteroatoms. The van der Waals surface area contributed by atoms with Gasteiger partial charge in [-0.2, -0.15) is 13.2 Å². The number of fused-ring (bicyclic) bond motifs is 1. The molecule has 0 fully saturated rings. The van der Waals surface area contributed by atoms with Crippen LogP contribution in [0.25, 0.3) is 16.7 Å². The fraction of sp³-hybridized carbons (Fsp3) is 0.222. The molecule has 0 atom stereocenters. The maximum Gasteiger partial charge on any atom is 0.427 e. The summed E-state index contributed by atoms with van der Waals surface area (Å²) in [5, 5.41) is -2.02. The van der Waals surface area contributed by atoms with E-state index in [1.54, 1.807) is 12.1 Å². The van der Waals surface area contributed by atoms with Gasteiger partial charge in [0.25, 0.3) is 5.56 Å². The highest BCUT2D eigenvalue weighted by Gasteiger charge is 2.38. The fourth-order valence-corrected chi connectivity index (χ4v) is 3.08. The summed E-state index contributed by atoms with van der Waals surface area (Å²) in [4.78, 5) is 24.8. The van der Waals surface area contributed by atoms with Crippen LogP contribution in [0.5, 0.6) is 0 Å². The minimum atomic E-state index is -4.87. The molecule has 0 spiro atoms. The fourth-order valence-electron chi connectivity index (χ4n) is 2.37. The van der Waals surface area contributed by atoms with Gasteiger partial charge in [0.2, 0.25) is 0 Å². The van der Waals surface area contributed by atoms with Crippen molar-refractivity contribution in [1.82, 2.24) is 4.57 Å². The van der Waals surface area contributed by atoms with Gasteiger partial charge in [-0.25, -0.2) is 9.36 Å². The van der Waals surface area contributed by atoms with Crippen molar-refractivity contribution < 1.29 is 17.6 Å². The van der Waals surface area contributed by atoms with E-state index in [9.17, 15) is 22.8 Å². The molecule has 0 amide bonds. The molecule has 4 nitrogen and oxygen atoms in total. The Bertz CT molecular complexity index is 1100. The second-order valence-corrected chi connectivity index (χ2v) is 6.05. The van der Waals surface area contributed by atoms with Crippen molar-refractivity contribution in [2.75, 3.05) is 0 Å². The second-order valence-electron chi connectivity index (χ2n) is 5.27. The number of hydrogen-bond acceptors (Lipinski definition) is 3. The Morgan fingerprint density at radius 2 is 1.59 bits per heavy atom. The summed E-state index contributed by atoms with van der Waals surface area (Å²) in [5.74, 6) is -1.15. The van der Waals surface area contributed by atoms with Gasteiger partial charge in [-0.1, -0.05) is 54.7 Å². The maximum atomic E-state index is 13.0. The van der Waals surface area contributed by atoms with Gasteiger partial charge in [0, 0.05) is 0 Å². The zero-order valence-electron chi connectivity index (χ0n) is 14.4. The molecule has 1 aromatic heterocycles. The average molecular weight is 420 g/mol. The van der Waals surface area contributed by atoms with Crippen LogP contribution >= 0.6 is 23.2 Å². The van der Waals surface area contributed by atoms with Crippen LogP contribution in [0.1, 0.15) is 25.0 Å². The summed E-state index contributed by atoms with van der Waals surface area (Å²) in [6.45, 7) is 5.81. The lowest BCUT2D eigenvalue weighted by molar-refractivity contribution is -0.137. The lowest BCUT2D eigenvalue weighted by Gasteiger charge is -2.13. The number of aryl methyl sites for hydroxylation is 1. The number of halogens is 5. The minimum absolute atomic E-state index is 0.207. The maximum absolute atomic E-state index is 13.0. The standard InChI is InChI=1S/C16H8Cl2F3NO3.C2H6/c1-7-2-4-8(5-3-7)22-14(23)9-6-10(17)11(16(19,20)21)12(18)13(9)25-15(22)24;1-2/h2-6H,1H3;1-2H3. The molecule has 27 heavy (non-hydrogen) atoms. The summed E-state index contributed by atoms with van der Waals surface area (Å²) in [6, 6.07) is 7.14. The van der Waals surface area contributed by atoms with Crippen molar-refractivity contribution in [3.05, 3.63) is 72.4 Å². The molecular weight excluding hydrogens is 406 g/mol. The van der Waals surface area contributed by atoms with E-state index in [-0.39, 0.29) is 11.1 Å². The molecule has 0 radical (unpaired) electrons. The number of nitrogens with zero attached hydrogens (tertiary/aromatic N) is 1. The molecule has 3 aromatic rings. The van der Waals surface area contributed by atoms with Crippen LogP contribution in [0.15, 0.2) is 44.3 Å². The molecule has 0 bridgehead atoms. The Morgan fingerprint density at radius 3 is 2.11 bits per heavy atom. The highest BCUT2D eigenvalue weighted by molar-refractivity contribution is 6.39. The van der Waals surface area contributed by atoms with Crippen LogP contribution in [0.2, 0.25) is 10.0 Å². The largest absolute Gasteiger partial charge is 0.427 e. The van der Waals surface area contributed by atoms with E-state index in [0.717, 1.165) is 11.6 Å². The zero-order chi connectivity index (χ0) is 20.5. The first kappa shape index (κ1) is 21.1. The quantitative estimate of drug-likeness (QED) is 0.515. The lowest BCUT2D eigenvalue weighted by Crippen LogP contribution is -2.31. The van der Waals surface area contributed by atoms with Crippen molar-refractivity contribution in [1.29, 1.82) is 0 Å². The zero-order valence-corrected chi connectivity index (χ0v) is 16.0. The Hall–Kier alpha value is -2.25. The Labute approximate surface area is 161 Å². The second kappa shape index (κ2) is 7.78. The van der Waals surface area contributed by atoms with E-state index in [2.05, 4.69) is 0 Å². The first-order valence-corrected chi connectivity index (χ1v) is 8.59. The van der Waals surface area contributed by atoms with Crippen LogP contribution in [-0.4, -0.2) is 4.57 Å². The van der Waals surface area contributed by atoms with Gasteiger partial charge >= 0.3 is 11.9 Å². The average Bonchev–Trinajstić information content (AvgIpc) is 2.58. The van der Waals surface area contributed by atoms with Gasteiger partial charge < -0.3 is 4.42 Å². The van der Waals surface area contributed by atoms with Crippen LogP contribution in [0, 0.1) is 6.92 Å². The van der Waals surface area contributed by atoms with Gasteiger partial charge in [-0.3, -0.25) is 4.79 Å². The molecule has 0 saturated carbocycles.